The summed E-state index contributed by atoms with van der Waals surface area (Å²) >= 11 is 0. The number of carbonyl (C=O) groups excluding carboxylic acids is 1. The maximum Gasteiger partial charge on any atom is 0.174 e. The van der Waals surface area contributed by atoms with Gasteiger partial charge in [0.05, 0.1) is 5.92 Å². The molecular weight excluding hydrogens is 262 g/mol. The highest BCUT2D eigenvalue weighted by Gasteiger charge is 2.31. The van der Waals surface area contributed by atoms with Gasteiger partial charge in [-0.15, -0.1) is 0 Å². The zero-order valence-corrected chi connectivity index (χ0v) is 11.3. The molecule has 1 aliphatic heterocycles. The van der Waals surface area contributed by atoms with E-state index in [1.807, 2.05) is 48.5 Å². The Balaban J connectivity index is 1.82. The molecule has 2 heterocycles. The van der Waals surface area contributed by atoms with Crippen LogP contribution in [0.15, 0.2) is 60.9 Å². The molecule has 0 spiro atoms. The number of hydrogen-bond donors (Lipinski definition) is 0. The molecule has 1 aromatic heterocycles. The Hall–Kier alpha value is -2.68. The van der Waals surface area contributed by atoms with E-state index in [-0.39, 0.29) is 11.7 Å². The Morgan fingerprint density at radius 2 is 2.00 bits per heavy atom. The molecule has 0 saturated carbocycles. The second-order valence-electron chi connectivity index (χ2n) is 5.17. The van der Waals surface area contributed by atoms with E-state index in [0.717, 1.165) is 27.6 Å². The van der Waals surface area contributed by atoms with Crippen molar-refractivity contribution in [3.63, 3.8) is 0 Å². The number of ketones is 1. The molecule has 3 nitrogen and oxygen atoms in total. The van der Waals surface area contributed by atoms with Gasteiger partial charge in [0.15, 0.2) is 5.78 Å². The van der Waals surface area contributed by atoms with Crippen molar-refractivity contribution < 1.29 is 9.53 Å². The van der Waals surface area contributed by atoms with Crippen LogP contribution < -0.4 is 4.74 Å². The number of para-hydroxylation sites is 1. The summed E-state index contributed by atoms with van der Waals surface area (Å²) in [5.41, 5.74) is 1.72. The van der Waals surface area contributed by atoms with Crippen molar-refractivity contribution in [1.82, 2.24) is 4.98 Å². The number of fused-ring (bicyclic) bond motifs is 2. The van der Waals surface area contributed by atoms with Gasteiger partial charge in [-0.1, -0.05) is 36.4 Å². The molecule has 0 aliphatic carbocycles. The molecule has 0 fully saturated rings. The van der Waals surface area contributed by atoms with Gasteiger partial charge in [0, 0.05) is 28.9 Å². The van der Waals surface area contributed by atoms with E-state index < -0.39 is 0 Å². The summed E-state index contributed by atoms with van der Waals surface area (Å²) < 4.78 is 5.63. The van der Waals surface area contributed by atoms with Crippen molar-refractivity contribution in [2.24, 2.45) is 0 Å². The van der Waals surface area contributed by atoms with Gasteiger partial charge < -0.3 is 4.74 Å². The van der Waals surface area contributed by atoms with E-state index in [0.29, 0.717) is 6.61 Å². The molecular formula is C18H13NO2. The van der Waals surface area contributed by atoms with Gasteiger partial charge in [-0.3, -0.25) is 9.78 Å². The van der Waals surface area contributed by atoms with Crippen molar-refractivity contribution >= 4 is 16.6 Å². The number of hydrogen-bond acceptors (Lipinski definition) is 3. The lowest BCUT2D eigenvalue weighted by molar-refractivity contribution is 0.0949. The van der Waals surface area contributed by atoms with E-state index in [1.165, 1.54) is 0 Å². The molecule has 0 saturated heterocycles. The summed E-state index contributed by atoms with van der Waals surface area (Å²) in [7, 11) is 0. The molecule has 21 heavy (non-hydrogen) atoms. The molecule has 0 bridgehead atoms. The molecule has 3 aromatic rings. The first-order valence-electron chi connectivity index (χ1n) is 6.93. The zero-order valence-electron chi connectivity index (χ0n) is 11.3. The van der Waals surface area contributed by atoms with Crippen LogP contribution >= 0.6 is 0 Å². The number of rotatable bonds is 2. The van der Waals surface area contributed by atoms with Gasteiger partial charge in [0.25, 0.3) is 0 Å². The minimum absolute atomic E-state index is 0.108. The van der Waals surface area contributed by atoms with Crippen LogP contribution in [-0.4, -0.2) is 17.4 Å². The van der Waals surface area contributed by atoms with Crippen molar-refractivity contribution in [3.8, 4) is 5.75 Å². The van der Waals surface area contributed by atoms with Crippen molar-refractivity contribution in [2.45, 2.75) is 5.92 Å². The number of ether oxygens (including phenoxy) is 1. The quantitative estimate of drug-likeness (QED) is 0.671. The smallest absolute Gasteiger partial charge is 0.174 e. The summed E-state index contributed by atoms with van der Waals surface area (Å²) in [4.78, 5) is 17.0. The largest absolute Gasteiger partial charge is 0.492 e. The first kappa shape index (κ1) is 12.1. The molecule has 1 atom stereocenters. The predicted molar refractivity (Wildman–Crippen MR) is 80.8 cm³/mol. The van der Waals surface area contributed by atoms with Crippen LogP contribution in [-0.2, 0) is 0 Å². The SMILES string of the molecule is O=C(c1cccc2cnccc12)C1COc2ccccc21. The van der Waals surface area contributed by atoms with Gasteiger partial charge in [-0.2, -0.15) is 0 Å². The monoisotopic (exact) mass is 275 g/mol. The van der Waals surface area contributed by atoms with E-state index in [1.54, 1.807) is 12.4 Å². The maximum atomic E-state index is 12.9. The first-order chi connectivity index (χ1) is 10.3. The van der Waals surface area contributed by atoms with Crippen LogP contribution in [0.3, 0.4) is 0 Å². The van der Waals surface area contributed by atoms with Crippen LogP contribution in [0.2, 0.25) is 0 Å². The molecule has 102 valence electrons. The first-order valence-corrected chi connectivity index (χ1v) is 6.93. The highest BCUT2D eigenvalue weighted by molar-refractivity contribution is 6.11. The van der Waals surface area contributed by atoms with Crippen LogP contribution in [0.1, 0.15) is 21.8 Å². The average Bonchev–Trinajstić information content (AvgIpc) is 2.98. The highest BCUT2D eigenvalue weighted by atomic mass is 16.5. The fourth-order valence-electron chi connectivity index (χ4n) is 2.90. The minimum atomic E-state index is -0.222. The maximum absolute atomic E-state index is 12.9. The Labute approximate surface area is 122 Å². The average molecular weight is 275 g/mol. The fraction of sp³-hybridized carbons (Fsp3) is 0.111. The normalized spacial score (nSPS) is 16.5. The van der Waals surface area contributed by atoms with Crippen LogP contribution in [0, 0.1) is 0 Å². The molecule has 1 aliphatic rings. The standard InChI is InChI=1S/C18H13NO2/c20-18(16-11-21-17-7-2-1-5-14(16)17)15-6-3-4-12-10-19-9-8-13(12)15/h1-10,16H,11H2. The number of Topliss-reactive ketones (excluding diaryl/α,β-unsaturated/α-hetero) is 1. The van der Waals surface area contributed by atoms with Crippen molar-refractivity contribution in [2.75, 3.05) is 6.61 Å². The Morgan fingerprint density at radius 3 is 2.95 bits per heavy atom. The molecule has 0 amide bonds. The molecule has 0 N–H and O–H groups in total. The van der Waals surface area contributed by atoms with Gasteiger partial charge in [-0.05, 0) is 17.5 Å². The molecule has 3 heteroatoms. The summed E-state index contributed by atoms with van der Waals surface area (Å²) in [5, 5.41) is 1.93. The minimum Gasteiger partial charge on any atom is -0.492 e. The number of benzene rings is 2. The lowest BCUT2D eigenvalue weighted by atomic mass is 9.90. The van der Waals surface area contributed by atoms with Crippen LogP contribution in [0.4, 0.5) is 0 Å². The number of aromatic nitrogens is 1. The summed E-state index contributed by atoms with van der Waals surface area (Å²) in [6, 6.07) is 15.4. The third kappa shape index (κ3) is 1.89. The topological polar surface area (TPSA) is 39.2 Å². The second kappa shape index (κ2) is 4.70. The predicted octanol–water partition coefficient (Wildman–Crippen LogP) is 3.59. The summed E-state index contributed by atoms with van der Waals surface area (Å²) in [6.07, 6.45) is 3.50. The van der Waals surface area contributed by atoms with Gasteiger partial charge >= 0.3 is 0 Å². The number of nitrogens with zero attached hydrogens (tertiary/aromatic N) is 1. The summed E-state index contributed by atoms with van der Waals surface area (Å²) in [6.45, 7) is 0.416. The van der Waals surface area contributed by atoms with E-state index in [9.17, 15) is 4.79 Å². The second-order valence-corrected chi connectivity index (χ2v) is 5.17. The Kier molecular flexibility index (Phi) is 2.71. The third-order valence-corrected chi connectivity index (χ3v) is 3.96. The van der Waals surface area contributed by atoms with Gasteiger partial charge in [0.1, 0.15) is 12.4 Å². The fourth-order valence-corrected chi connectivity index (χ4v) is 2.90. The Morgan fingerprint density at radius 1 is 1.10 bits per heavy atom. The van der Waals surface area contributed by atoms with Crippen molar-refractivity contribution in [1.29, 1.82) is 0 Å². The number of carbonyl (C=O) groups is 1. The highest BCUT2D eigenvalue weighted by Crippen LogP contribution is 2.36. The van der Waals surface area contributed by atoms with Crippen LogP contribution in [0.5, 0.6) is 5.75 Å². The van der Waals surface area contributed by atoms with Crippen LogP contribution in [0.25, 0.3) is 10.8 Å². The molecule has 1 unspecified atom stereocenters. The molecule has 4 rings (SSSR count). The lowest BCUT2D eigenvalue weighted by Crippen LogP contribution is -2.14. The lowest BCUT2D eigenvalue weighted by Gasteiger charge is -2.10. The molecule has 0 radical (unpaired) electrons. The number of pyridine rings is 1. The van der Waals surface area contributed by atoms with E-state index >= 15 is 0 Å². The third-order valence-electron chi connectivity index (χ3n) is 3.96. The van der Waals surface area contributed by atoms with E-state index in [2.05, 4.69) is 4.98 Å². The van der Waals surface area contributed by atoms with Gasteiger partial charge in [0.2, 0.25) is 0 Å². The van der Waals surface area contributed by atoms with Gasteiger partial charge in [-0.25, -0.2) is 0 Å². The van der Waals surface area contributed by atoms with E-state index in [4.69, 9.17) is 4.74 Å². The molecule has 2 aromatic carbocycles. The zero-order chi connectivity index (χ0) is 14.2. The Bertz CT molecular complexity index is 836. The van der Waals surface area contributed by atoms with Crippen molar-refractivity contribution in [3.05, 3.63) is 72.1 Å². The summed E-state index contributed by atoms with van der Waals surface area (Å²) in [5.74, 6) is 0.703.